The standard InChI is InChI=1S/C24H33N7O3S/c1-15(24(2,3)4)26-19-12-18(28-21(29-19)17-13-25-31-10-11-35-23(17)31)22(33)30-8-6-16(7-9-30)27-20(32)14-34-5/h10-13,15-16H,6-9,14H2,1-5H3,(H,27,32)(H,26,28,29)/t15-/m1/s1. The first kappa shape index (κ1) is 25.1. The minimum Gasteiger partial charge on any atom is -0.375 e. The van der Waals surface area contributed by atoms with Crippen LogP contribution < -0.4 is 10.6 Å². The van der Waals surface area contributed by atoms with Gasteiger partial charge in [0.1, 0.15) is 22.9 Å². The number of thiazole rings is 1. The maximum atomic E-state index is 13.5. The summed E-state index contributed by atoms with van der Waals surface area (Å²) in [5.74, 6) is 0.802. The number of rotatable bonds is 7. The number of aromatic nitrogens is 4. The first-order chi connectivity index (χ1) is 16.7. The summed E-state index contributed by atoms with van der Waals surface area (Å²) in [7, 11) is 1.50. The minimum absolute atomic E-state index is 0.00313. The van der Waals surface area contributed by atoms with E-state index >= 15 is 0 Å². The van der Waals surface area contributed by atoms with Gasteiger partial charge in [-0.1, -0.05) is 20.8 Å². The fourth-order valence-corrected chi connectivity index (χ4v) is 4.65. The number of carbonyl (C=O) groups excluding carboxylic acids is 2. The molecule has 3 aromatic heterocycles. The van der Waals surface area contributed by atoms with E-state index in [2.05, 4.69) is 48.4 Å². The summed E-state index contributed by atoms with van der Waals surface area (Å²) in [6.07, 6.45) is 4.99. The lowest BCUT2D eigenvalue weighted by Gasteiger charge is -2.32. The monoisotopic (exact) mass is 499 g/mol. The molecule has 2 amide bonds. The fourth-order valence-electron chi connectivity index (χ4n) is 3.86. The molecule has 188 valence electrons. The van der Waals surface area contributed by atoms with Crippen molar-refractivity contribution in [2.24, 2.45) is 5.41 Å². The van der Waals surface area contributed by atoms with Crippen LogP contribution in [0.25, 0.3) is 16.2 Å². The van der Waals surface area contributed by atoms with Gasteiger partial charge in [-0.25, -0.2) is 14.5 Å². The van der Waals surface area contributed by atoms with E-state index < -0.39 is 0 Å². The number of nitrogens with one attached hydrogen (secondary N) is 2. The van der Waals surface area contributed by atoms with Crippen molar-refractivity contribution in [3.8, 4) is 11.4 Å². The zero-order chi connectivity index (χ0) is 25.2. The third-order valence-electron chi connectivity index (χ3n) is 6.40. The molecule has 11 heteroatoms. The van der Waals surface area contributed by atoms with E-state index in [1.807, 2.05) is 11.6 Å². The molecule has 0 unspecified atom stereocenters. The molecule has 1 aliphatic heterocycles. The maximum absolute atomic E-state index is 13.5. The summed E-state index contributed by atoms with van der Waals surface area (Å²) in [4.78, 5) is 37.4. The summed E-state index contributed by atoms with van der Waals surface area (Å²) in [5.41, 5.74) is 1.14. The number of hydrogen-bond donors (Lipinski definition) is 2. The van der Waals surface area contributed by atoms with Crippen molar-refractivity contribution < 1.29 is 14.3 Å². The van der Waals surface area contributed by atoms with Crippen LogP contribution in [0.5, 0.6) is 0 Å². The molecule has 1 saturated heterocycles. The lowest BCUT2D eigenvalue weighted by Crippen LogP contribution is -2.47. The second-order valence-electron chi connectivity index (χ2n) is 9.97. The Labute approximate surface area is 209 Å². The van der Waals surface area contributed by atoms with Gasteiger partial charge >= 0.3 is 0 Å². The molecule has 0 radical (unpaired) electrons. The van der Waals surface area contributed by atoms with Crippen molar-refractivity contribution in [3.05, 3.63) is 29.5 Å². The Morgan fingerprint density at radius 2 is 2.00 bits per heavy atom. The predicted octanol–water partition coefficient (Wildman–Crippen LogP) is 3.07. The zero-order valence-corrected chi connectivity index (χ0v) is 21.7. The number of methoxy groups -OCH3 is 1. The Morgan fingerprint density at radius 3 is 2.69 bits per heavy atom. The number of anilines is 1. The van der Waals surface area contributed by atoms with Crippen LogP contribution in [-0.4, -0.2) is 75.2 Å². The van der Waals surface area contributed by atoms with Gasteiger partial charge in [0.15, 0.2) is 5.82 Å². The first-order valence-electron chi connectivity index (χ1n) is 11.8. The molecule has 3 aromatic rings. The maximum Gasteiger partial charge on any atom is 0.272 e. The van der Waals surface area contributed by atoms with E-state index in [1.165, 1.54) is 7.11 Å². The van der Waals surface area contributed by atoms with Crippen LogP contribution in [0.15, 0.2) is 23.8 Å². The van der Waals surface area contributed by atoms with Gasteiger partial charge in [-0.05, 0) is 25.2 Å². The Balaban J connectivity index is 1.58. The lowest BCUT2D eigenvalue weighted by molar-refractivity contribution is -0.125. The predicted molar refractivity (Wildman–Crippen MR) is 136 cm³/mol. The number of amides is 2. The number of likely N-dealkylation sites (tertiary alicyclic amines) is 1. The molecule has 0 spiro atoms. The van der Waals surface area contributed by atoms with Gasteiger partial charge in [-0.15, -0.1) is 11.3 Å². The highest BCUT2D eigenvalue weighted by atomic mass is 32.1. The largest absolute Gasteiger partial charge is 0.375 e. The molecule has 1 aliphatic rings. The molecule has 1 fully saturated rings. The Bertz CT molecular complexity index is 1190. The molecule has 35 heavy (non-hydrogen) atoms. The zero-order valence-electron chi connectivity index (χ0n) is 20.9. The van der Waals surface area contributed by atoms with E-state index in [9.17, 15) is 9.59 Å². The van der Waals surface area contributed by atoms with E-state index in [1.54, 1.807) is 33.0 Å². The second kappa shape index (κ2) is 10.3. The smallest absolute Gasteiger partial charge is 0.272 e. The fraction of sp³-hybridized carbons (Fsp3) is 0.542. The molecule has 0 aromatic carbocycles. The van der Waals surface area contributed by atoms with Gasteiger partial charge < -0.3 is 20.3 Å². The molecule has 2 N–H and O–H groups in total. The van der Waals surface area contributed by atoms with Crippen LogP contribution in [0.4, 0.5) is 5.82 Å². The third-order valence-corrected chi connectivity index (χ3v) is 7.29. The summed E-state index contributed by atoms with van der Waals surface area (Å²) >= 11 is 1.55. The number of ether oxygens (including phenoxy) is 1. The number of carbonyl (C=O) groups is 2. The molecule has 0 aliphatic carbocycles. The van der Waals surface area contributed by atoms with Gasteiger partial charge in [-0.2, -0.15) is 5.10 Å². The van der Waals surface area contributed by atoms with Gasteiger partial charge in [0.25, 0.3) is 5.91 Å². The summed E-state index contributed by atoms with van der Waals surface area (Å²) < 4.78 is 6.67. The van der Waals surface area contributed by atoms with Crippen molar-refractivity contribution in [2.75, 3.05) is 32.1 Å². The van der Waals surface area contributed by atoms with Crippen molar-refractivity contribution in [2.45, 2.75) is 52.6 Å². The summed E-state index contributed by atoms with van der Waals surface area (Å²) in [6.45, 7) is 9.69. The molecule has 4 heterocycles. The molecular weight excluding hydrogens is 466 g/mol. The quantitative estimate of drug-likeness (QED) is 0.514. The second-order valence-corrected chi connectivity index (χ2v) is 10.9. The summed E-state index contributed by atoms with van der Waals surface area (Å²) in [6, 6.07) is 1.89. The molecular formula is C24H33N7O3S. The molecule has 0 saturated carbocycles. The van der Waals surface area contributed by atoms with Crippen molar-refractivity contribution in [1.82, 2.24) is 29.8 Å². The first-order valence-corrected chi connectivity index (χ1v) is 12.7. The van der Waals surface area contributed by atoms with Crippen LogP contribution in [0, 0.1) is 5.41 Å². The number of nitrogens with zero attached hydrogens (tertiary/aromatic N) is 5. The van der Waals surface area contributed by atoms with E-state index in [0.29, 0.717) is 43.3 Å². The number of fused-ring (bicyclic) bond motifs is 1. The minimum atomic E-state index is -0.142. The van der Waals surface area contributed by atoms with Crippen LogP contribution in [-0.2, 0) is 9.53 Å². The molecule has 1 atom stereocenters. The highest BCUT2D eigenvalue weighted by Crippen LogP contribution is 2.28. The lowest BCUT2D eigenvalue weighted by atomic mass is 9.88. The van der Waals surface area contributed by atoms with Crippen LogP contribution >= 0.6 is 11.3 Å². The SMILES string of the molecule is COCC(=O)NC1CCN(C(=O)c2cc(N[C@H](C)C(C)(C)C)nc(-c3cnn4ccsc34)n2)CC1. The summed E-state index contributed by atoms with van der Waals surface area (Å²) in [5, 5.41) is 12.8. The van der Waals surface area contributed by atoms with Gasteiger partial charge in [-0.3, -0.25) is 9.59 Å². The van der Waals surface area contributed by atoms with Crippen LogP contribution in [0.1, 0.15) is 51.0 Å². The van der Waals surface area contributed by atoms with E-state index in [4.69, 9.17) is 9.72 Å². The molecule has 0 bridgehead atoms. The normalized spacial score (nSPS) is 15.9. The van der Waals surface area contributed by atoms with Crippen molar-refractivity contribution in [1.29, 1.82) is 0 Å². The highest BCUT2D eigenvalue weighted by molar-refractivity contribution is 7.16. The molecule has 10 nitrogen and oxygen atoms in total. The topological polar surface area (TPSA) is 114 Å². The Hall–Kier alpha value is -3.05. The average molecular weight is 500 g/mol. The van der Waals surface area contributed by atoms with Gasteiger partial charge in [0, 0.05) is 49.9 Å². The Morgan fingerprint density at radius 1 is 1.26 bits per heavy atom. The number of piperidine rings is 1. The van der Waals surface area contributed by atoms with E-state index in [-0.39, 0.29) is 35.9 Å². The van der Waals surface area contributed by atoms with Gasteiger partial charge in [0.2, 0.25) is 5.91 Å². The van der Waals surface area contributed by atoms with Crippen LogP contribution in [0.3, 0.4) is 0 Å². The van der Waals surface area contributed by atoms with Crippen LogP contribution in [0.2, 0.25) is 0 Å². The van der Waals surface area contributed by atoms with E-state index in [0.717, 1.165) is 10.4 Å². The number of hydrogen-bond acceptors (Lipinski definition) is 8. The van der Waals surface area contributed by atoms with Crippen molar-refractivity contribution >= 4 is 33.8 Å². The van der Waals surface area contributed by atoms with Crippen molar-refractivity contribution in [3.63, 3.8) is 0 Å². The highest BCUT2D eigenvalue weighted by Gasteiger charge is 2.27. The average Bonchev–Trinajstić information content (AvgIpc) is 3.42. The Kier molecular flexibility index (Phi) is 7.36. The molecule has 4 rings (SSSR count). The van der Waals surface area contributed by atoms with Gasteiger partial charge in [0.05, 0.1) is 11.8 Å². The third kappa shape index (κ3) is 5.79.